The van der Waals surface area contributed by atoms with Crippen molar-refractivity contribution < 1.29 is 9.53 Å². The number of hydrogen-bond acceptors (Lipinski definition) is 3. The van der Waals surface area contributed by atoms with Crippen molar-refractivity contribution in [3.05, 3.63) is 57.0 Å². The van der Waals surface area contributed by atoms with Crippen molar-refractivity contribution in [3.63, 3.8) is 0 Å². The number of nitrogen functional groups attached to an aromatic ring is 1. The lowest BCUT2D eigenvalue weighted by molar-refractivity contribution is 0.0921. The van der Waals surface area contributed by atoms with Crippen LogP contribution in [0.1, 0.15) is 10.4 Å². The molecule has 2 rings (SSSR count). The van der Waals surface area contributed by atoms with Gasteiger partial charge in [0, 0.05) is 26.3 Å². The molecule has 3 nitrogen and oxygen atoms in total. The highest BCUT2D eigenvalue weighted by Crippen LogP contribution is 2.23. The van der Waals surface area contributed by atoms with E-state index < -0.39 is 0 Å². The highest BCUT2D eigenvalue weighted by Gasteiger charge is 2.11. The molecular formula is C14H11Br2NO2. The molecule has 0 aliphatic carbocycles. The van der Waals surface area contributed by atoms with Gasteiger partial charge in [-0.1, -0.05) is 37.9 Å². The maximum atomic E-state index is 12.0. The van der Waals surface area contributed by atoms with E-state index in [1.54, 1.807) is 30.3 Å². The Labute approximate surface area is 128 Å². The van der Waals surface area contributed by atoms with Crippen LogP contribution in [0.15, 0.2) is 51.4 Å². The molecule has 5 heteroatoms. The lowest BCUT2D eigenvalue weighted by atomic mass is 10.1. The Morgan fingerprint density at radius 3 is 2.63 bits per heavy atom. The van der Waals surface area contributed by atoms with Crippen LogP contribution in [-0.4, -0.2) is 12.4 Å². The maximum Gasteiger partial charge on any atom is 0.201 e. The molecule has 2 aromatic rings. The maximum absolute atomic E-state index is 12.0. The number of nitrogens with two attached hydrogens (primary N) is 1. The van der Waals surface area contributed by atoms with Crippen molar-refractivity contribution in [2.75, 3.05) is 12.3 Å². The summed E-state index contributed by atoms with van der Waals surface area (Å²) >= 11 is 6.70. The Hall–Kier alpha value is -1.33. The normalized spacial score (nSPS) is 10.2. The SMILES string of the molecule is Nc1cccc(OCC(=O)c2ccc(Br)cc2Br)c1. The molecule has 0 fully saturated rings. The summed E-state index contributed by atoms with van der Waals surface area (Å²) in [5.74, 6) is 0.489. The minimum atomic E-state index is -0.0956. The van der Waals surface area contributed by atoms with E-state index in [0.717, 1.165) is 8.95 Å². The van der Waals surface area contributed by atoms with Gasteiger partial charge >= 0.3 is 0 Å². The predicted octanol–water partition coefficient (Wildman–Crippen LogP) is 4.06. The van der Waals surface area contributed by atoms with E-state index in [-0.39, 0.29) is 12.4 Å². The molecule has 0 heterocycles. The van der Waals surface area contributed by atoms with Gasteiger partial charge in [-0.3, -0.25) is 4.79 Å². The second-order valence-corrected chi connectivity index (χ2v) is 5.68. The molecule has 0 spiro atoms. The molecule has 0 aromatic heterocycles. The average molecular weight is 385 g/mol. The van der Waals surface area contributed by atoms with Gasteiger partial charge in [0.2, 0.25) is 5.78 Å². The van der Waals surface area contributed by atoms with E-state index in [1.807, 2.05) is 12.1 Å². The number of rotatable bonds is 4. The zero-order chi connectivity index (χ0) is 13.8. The van der Waals surface area contributed by atoms with Gasteiger partial charge in [0.05, 0.1) is 0 Å². The van der Waals surface area contributed by atoms with Gasteiger partial charge < -0.3 is 10.5 Å². The van der Waals surface area contributed by atoms with Crippen molar-refractivity contribution in [1.82, 2.24) is 0 Å². The number of benzene rings is 2. The smallest absolute Gasteiger partial charge is 0.201 e. The van der Waals surface area contributed by atoms with Crippen LogP contribution >= 0.6 is 31.9 Å². The first-order valence-corrected chi connectivity index (χ1v) is 7.11. The molecular weight excluding hydrogens is 374 g/mol. The summed E-state index contributed by atoms with van der Waals surface area (Å²) in [6.45, 7) is -0.0241. The predicted molar refractivity (Wildman–Crippen MR) is 82.5 cm³/mol. The summed E-state index contributed by atoms with van der Waals surface area (Å²) in [4.78, 5) is 12.0. The third-order valence-electron chi connectivity index (χ3n) is 2.46. The van der Waals surface area contributed by atoms with E-state index in [9.17, 15) is 4.79 Å². The minimum absolute atomic E-state index is 0.0241. The van der Waals surface area contributed by atoms with Gasteiger partial charge in [-0.25, -0.2) is 0 Å². The second kappa shape index (κ2) is 6.21. The lowest BCUT2D eigenvalue weighted by Gasteiger charge is -2.07. The van der Waals surface area contributed by atoms with Crippen LogP contribution in [0.2, 0.25) is 0 Å². The molecule has 0 amide bonds. The highest BCUT2D eigenvalue weighted by atomic mass is 79.9. The van der Waals surface area contributed by atoms with Gasteiger partial charge in [-0.05, 0) is 30.3 Å². The number of carbonyl (C=O) groups excluding carboxylic acids is 1. The number of anilines is 1. The number of ketones is 1. The Balaban J connectivity index is 2.05. The number of hydrogen-bond donors (Lipinski definition) is 1. The van der Waals surface area contributed by atoms with Crippen molar-refractivity contribution in [2.45, 2.75) is 0 Å². The van der Waals surface area contributed by atoms with Gasteiger partial charge in [-0.2, -0.15) is 0 Å². The quantitative estimate of drug-likeness (QED) is 0.638. The van der Waals surface area contributed by atoms with E-state index >= 15 is 0 Å². The molecule has 2 aromatic carbocycles. The van der Waals surface area contributed by atoms with Gasteiger partial charge in [0.15, 0.2) is 6.61 Å². The fraction of sp³-hybridized carbons (Fsp3) is 0.0714. The first-order chi connectivity index (χ1) is 9.06. The Morgan fingerprint density at radius 1 is 1.16 bits per heavy atom. The highest BCUT2D eigenvalue weighted by molar-refractivity contribution is 9.11. The Bertz CT molecular complexity index is 614. The van der Waals surface area contributed by atoms with Crippen LogP contribution in [0.25, 0.3) is 0 Å². The van der Waals surface area contributed by atoms with Gasteiger partial charge in [0.25, 0.3) is 0 Å². The molecule has 2 N–H and O–H groups in total. The summed E-state index contributed by atoms with van der Waals surface area (Å²) in [5.41, 5.74) is 6.84. The Kier molecular flexibility index (Phi) is 4.61. The van der Waals surface area contributed by atoms with E-state index in [0.29, 0.717) is 17.0 Å². The zero-order valence-electron chi connectivity index (χ0n) is 9.90. The van der Waals surface area contributed by atoms with Crippen molar-refractivity contribution >= 4 is 43.3 Å². The number of halogens is 2. The third kappa shape index (κ3) is 3.81. The molecule has 0 aliphatic heterocycles. The van der Waals surface area contributed by atoms with Gasteiger partial charge in [-0.15, -0.1) is 0 Å². The summed E-state index contributed by atoms with van der Waals surface area (Å²) in [6.07, 6.45) is 0. The van der Waals surface area contributed by atoms with Crippen molar-refractivity contribution in [3.8, 4) is 5.75 Å². The molecule has 0 unspecified atom stereocenters. The number of Topliss-reactive ketones (excluding diaryl/α,β-unsaturated/α-hetero) is 1. The zero-order valence-corrected chi connectivity index (χ0v) is 13.1. The fourth-order valence-electron chi connectivity index (χ4n) is 1.55. The molecule has 98 valence electrons. The van der Waals surface area contributed by atoms with Crippen LogP contribution in [0.5, 0.6) is 5.75 Å². The summed E-state index contributed by atoms with van der Waals surface area (Å²) in [5, 5.41) is 0. The molecule has 0 saturated carbocycles. The monoisotopic (exact) mass is 383 g/mol. The molecule has 19 heavy (non-hydrogen) atoms. The second-order valence-electron chi connectivity index (χ2n) is 3.91. The standard InChI is InChI=1S/C14H11Br2NO2/c15-9-4-5-12(13(16)6-9)14(18)8-19-11-3-1-2-10(17)7-11/h1-7H,8,17H2. The molecule has 0 radical (unpaired) electrons. The topological polar surface area (TPSA) is 52.3 Å². The van der Waals surface area contributed by atoms with Crippen LogP contribution in [0.3, 0.4) is 0 Å². The summed E-state index contributed by atoms with van der Waals surface area (Å²) < 4.78 is 7.07. The van der Waals surface area contributed by atoms with Crippen molar-refractivity contribution in [2.24, 2.45) is 0 Å². The van der Waals surface area contributed by atoms with Crippen molar-refractivity contribution in [1.29, 1.82) is 0 Å². The molecule has 0 bridgehead atoms. The average Bonchev–Trinajstić information content (AvgIpc) is 2.36. The minimum Gasteiger partial charge on any atom is -0.485 e. The van der Waals surface area contributed by atoms with Crippen LogP contribution in [0.4, 0.5) is 5.69 Å². The first kappa shape index (κ1) is 14.1. The lowest BCUT2D eigenvalue weighted by Crippen LogP contribution is -2.12. The van der Waals surface area contributed by atoms with E-state index in [2.05, 4.69) is 31.9 Å². The molecule has 0 atom stereocenters. The Morgan fingerprint density at radius 2 is 1.95 bits per heavy atom. The van der Waals surface area contributed by atoms with E-state index in [4.69, 9.17) is 10.5 Å². The number of ether oxygens (including phenoxy) is 1. The molecule has 0 aliphatic rings. The largest absolute Gasteiger partial charge is 0.485 e. The first-order valence-electron chi connectivity index (χ1n) is 5.53. The fourth-order valence-corrected chi connectivity index (χ4v) is 2.81. The third-order valence-corrected chi connectivity index (χ3v) is 3.61. The van der Waals surface area contributed by atoms with Crippen LogP contribution < -0.4 is 10.5 Å². The van der Waals surface area contributed by atoms with Crippen LogP contribution in [0, 0.1) is 0 Å². The molecule has 0 saturated heterocycles. The van der Waals surface area contributed by atoms with E-state index in [1.165, 1.54) is 0 Å². The van der Waals surface area contributed by atoms with Gasteiger partial charge in [0.1, 0.15) is 5.75 Å². The number of carbonyl (C=O) groups is 1. The summed E-state index contributed by atoms with van der Waals surface area (Å²) in [6, 6.07) is 12.4. The van der Waals surface area contributed by atoms with Crippen LogP contribution in [-0.2, 0) is 0 Å². The summed E-state index contributed by atoms with van der Waals surface area (Å²) in [7, 11) is 0.